The van der Waals surface area contributed by atoms with E-state index in [1.54, 1.807) is 24.3 Å². The molecule has 2 amide bonds. The standard InChI is InChI=1S/C13H12FNO3/c14-10-7-18-6-5-11(10)15-12(16)8-3-1-2-4-9(8)13(15)17/h1-4,10-11H,5-7H2/t10-,11-/m0/s1. The number of amides is 2. The highest BCUT2D eigenvalue weighted by molar-refractivity contribution is 6.21. The van der Waals surface area contributed by atoms with Crippen LogP contribution < -0.4 is 0 Å². The van der Waals surface area contributed by atoms with Gasteiger partial charge in [0.15, 0.2) is 0 Å². The van der Waals surface area contributed by atoms with E-state index in [-0.39, 0.29) is 6.61 Å². The van der Waals surface area contributed by atoms with E-state index in [0.29, 0.717) is 24.2 Å². The van der Waals surface area contributed by atoms with Gasteiger partial charge in [-0.2, -0.15) is 0 Å². The van der Waals surface area contributed by atoms with Crippen LogP contribution in [0.15, 0.2) is 24.3 Å². The molecule has 4 nitrogen and oxygen atoms in total. The molecule has 1 aromatic carbocycles. The average Bonchev–Trinajstić information content (AvgIpc) is 2.64. The molecule has 0 saturated carbocycles. The summed E-state index contributed by atoms with van der Waals surface area (Å²) >= 11 is 0. The van der Waals surface area contributed by atoms with Crippen LogP contribution in [0.1, 0.15) is 27.1 Å². The molecule has 18 heavy (non-hydrogen) atoms. The molecule has 1 aromatic rings. The van der Waals surface area contributed by atoms with Crippen molar-refractivity contribution in [2.24, 2.45) is 0 Å². The fourth-order valence-electron chi connectivity index (χ4n) is 2.49. The first kappa shape index (κ1) is 11.3. The van der Waals surface area contributed by atoms with E-state index in [9.17, 15) is 14.0 Å². The SMILES string of the molecule is O=C1c2ccccc2C(=O)N1[C@H]1CCOC[C@@H]1F. The van der Waals surface area contributed by atoms with Crippen molar-refractivity contribution in [1.82, 2.24) is 4.90 Å². The number of hydrogen-bond acceptors (Lipinski definition) is 3. The number of carbonyl (C=O) groups excluding carboxylic acids is 2. The Hall–Kier alpha value is -1.75. The molecule has 2 aliphatic heterocycles. The van der Waals surface area contributed by atoms with Crippen LogP contribution in [-0.4, -0.2) is 42.1 Å². The van der Waals surface area contributed by atoms with Crippen molar-refractivity contribution in [2.45, 2.75) is 18.6 Å². The average molecular weight is 249 g/mol. The molecule has 0 aliphatic carbocycles. The van der Waals surface area contributed by atoms with Crippen molar-refractivity contribution in [3.63, 3.8) is 0 Å². The lowest BCUT2D eigenvalue weighted by molar-refractivity contribution is -0.0158. The molecule has 0 spiro atoms. The van der Waals surface area contributed by atoms with Gasteiger partial charge in [0.05, 0.1) is 23.8 Å². The maximum absolute atomic E-state index is 13.8. The van der Waals surface area contributed by atoms with Gasteiger partial charge in [-0.3, -0.25) is 14.5 Å². The second-order valence-corrected chi connectivity index (χ2v) is 4.47. The van der Waals surface area contributed by atoms with Crippen LogP contribution in [0.2, 0.25) is 0 Å². The number of ether oxygens (including phenoxy) is 1. The summed E-state index contributed by atoms with van der Waals surface area (Å²) < 4.78 is 18.8. The van der Waals surface area contributed by atoms with Crippen LogP contribution in [0.3, 0.4) is 0 Å². The van der Waals surface area contributed by atoms with Crippen molar-refractivity contribution >= 4 is 11.8 Å². The van der Waals surface area contributed by atoms with Gasteiger partial charge in [-0.25, -0.2) is 4.39 Å². The van der Waals surface area contributed by atoms with Crippen LogP contribution in [0.25, 0.3) is 0 Å². The van der Waals surface area contributed by atoms with Gasteiger partial charge in [0, 0.05) is 6.61 Å². The Labute approximate surface area is 103 Å². The van der Waals surface area contributed by atoms with Crippen molar-refractivity contribution in [2.75, 3.05) is 13.2 Å². The molecule has 2 atom stereocenters. The van der Waals surface area contributed by atoms with Crippen LogP contribution in [0.4, 0.5) is 4.39 Å². The molecule has 0 bridgehead atoms. The molecule has 2 heterocycles. The molecule has 2 aliphatic rings. The molecular formula is C13H12FNO3. The summed E-state index contributed by atoms with van der Waals surface area (Å²) in [5, 5.41) is 0. The molecule has 1 saturated heterocycles. The summed E-state index contributed by atoms with van der Waals surface area (Å²) in [5.74, 6) is -0.796. The van der Waals surface area contributed by atoms with Crippen LogP contribution in [0, 0.1) is 0 Å². The molecule has 3 rings (SSSR count). The predicted octanol–water partition coefficient (Wildman–Crippen LogP) is 1.41. The minimum absolute atomic E-state index is 0.0575. The Balaban J connectivity index is 1.96. The number of hydrogen-bond donors (Lipinski definition) is 0. The number of benzene rings is 1. The maximum atomic E-state index is 13.8. The number of fused-ring (bicyclic) bond motifs is 1. The van der Waals surface area contributed by atoms with E-state index >= 15 is 0 Å². The summed E-state index contributed by atoms with van der Waals surface area (Å²) in [6.45, 7) is 0.316. The van der Waals surface area contributed by atoms with Crippen LogP contribution in [-0.2, 0) is 4.74 Å². The molecule has 5 heteroatoms. The molecule has 0 unspecified atom stereocenters. The van der Waals surface area contributed by atoms with Gasteiger partial charge in [0.2, 0.25) is 0 Å². The lowest BCUT2D eigenvalue weighted by atomic mass is 10.1. The zero-order valence-corrected chi connectivity index (χ0v) is 9.64. The van der Waals surface area contributed by atoms with E-state index < -0.39 is 24.0 Å². The Morgan fingerprint density at radius 2 is 1.78 bits per heavy atom. The first-order valence-corrected chi connectivity index (χ1v) is 5.89. The van der Waals surface area contributed by atoms with Gasteiger partial charge in [-0.05, 0) is 18.6 Å². The number of alkyl halides is 1. The van der Waals surface area contributed by atoms with Crippen LogP contribution in [0.5, 0.6) is 0 Å². The van der Waals surface area contributed by atoms with Gasteiger partial charge < -0.3 is 4.74 Å². The lowest BCUT2D eigenvalue weighted by Gasteiger charge is -2.32. The smallest absolute Gasteiger partial charge is 0.261 e. The van der Waals surface area contributed by atoms with Gasteiger partial charge in [-0.1, -0.05) is 12.1 Å². The Kier molecular flexibility index (Phi) is 2.63. The minimum atomic E-state index is -1.30. The van der Waals surface area contributed by atoms with Gasteiger partial charge in [-0.15, -0.1) is 0 Å². The van der Waals surface area contributed by atoms with Gasteiger partial charge in [0.25, 0.3) is 11.8 Å². The third-order valence-electron chi connectivity index (χ3n) is 3.41. The lowest BCUT2D eigenvalue weighted by Crippen LogP contribution is -2.49. The van der Waals surface area contributed by atoms with Crippen LogP contribution >= 0.6 is 0 Å². The Bertz CT molecular complexity index is 482. The largest absolute Gasteiger partial charge is 0.378 e. The van der Waals surface area contributed by atoms with Crippen molar-refractivity contribution in [3.05, 3.63) is 35.4 Å². The maximum Gasteiger partial charge on any atom is 0.261 e. The summed E-state index contributed by atoms with van der Waals surface area (Å²) in [4.78, 5) is 25.4. The summed E-state index contributed by atoms with van der Waals surface area (Å²) in [5.41, 5.74) is 0.724. The molecule has 94 valence electrons. The Morgan fingerprint density at radius 3 is 2.33 bits per heavy atom. The summed E-state index contributed by atoms with van der Waals surface area (Å²) in [7, 11) is 0. The predicted molar refractivity (Wildman–Crippen MR) is 61.1 cm³/mol. The fourth-order valence-corrected chi connectivity index (χ4v) is 2.49. The van der Waals surface area contributed by atoms with E-state index in [4.69, 9.17) is 4.74 Å². The number of rotatable bonds is 1. The second-order valence-electron chi connectivity index (χ2n) is 4.47. The van der Waals surface area contributed by atoms with Gasteiger partial charge in [0.1, 0.15) is 6.17 Å². The highest BCUT2D eigenvalue weighted by atomic mass is 19.1. The fraction of sp³-hybridized carbons (Fsp3) is 0.385. The van der Waals surface area contributed by atoms with E-state index in [1.807, 2.05) is 0 Å². The third-order valence-corrected chi connectivity index (χ3v) is 3.41. The zero-order valence-electron chi connectivity index (χ0n) is 9.64. The molecule has 0 aromatic heterocycles. The minimum Gasteiger partial charge on any atom is -0.378 e. The number of imide groups is 1. The topological polar surface area (TPSA) is 46.6 Å². The molecule has 0 N–H and O–H groups in total. The highest BCUT2D eigenvalue weighted by Crippen LogP contribution is 2.28. The van der Waals surface area contributed by atoms with Crippen molar-refractivity contribution in [1.29, 1.82) is 0 Å². The second kappa shape index (κ2) is 4.17. The quantitative estimate of drug-likeness (QED) is 0.707. The number of nitrogens with zero attached hydrogens (tertiary/aromatic N) is 1. The first-order valence-electron chi connectivity index (χ1n) is 5.89. The first-order chi connectivity index (χ1) is 8.70. The van der Waals surface area contributed by atoms with E-state index in [0.717, 1.165) is 4.90 Å². The summed E-state index contributed by atoms with van der Waals surface area (Å²) in [6.07, 6.45) is -0.951. The number of halogens is 1. The summed E-state index contributed by atoms with van der Waals surface area (Å²) in [6, 6.07) is 5.89. The highest BCUT2D eigenvalue weighted by Gasteiger charge is 2.43. The number of carbonyl (C=O) groups is 2. The van der Waals surface area contributed by atoms with Crippen molar-refractivity contribution in [3.8, 4) is 0 Å². The normalized spacial score (nSPS) is 27.5. The Morgan fingerprint density at radius 1 is 1.17 bits per heavy atom. The molecule has 1 fully saturated rings. The van der Waals surface area contributed by atoms with E-state index in [2.05, 4.69) is 0 Å². The molecular weight excluding hydrogens is 237 g/mol. The molecule has 0 radical (unpaired) electrons. The van der Waals surface area contributed by atoms with Crippen molar-refractivity contribution < 1.29 is 18.7 Å². The monoisotopic (exact) mass is 249 g/mol. The van der Waals surface area contributed by atoms with Gasteiger partial charge >= 0.3 is 0 Å². The zero-order chi connectivity index (χ0) is 12.7. The van der Waals surface area contributed by atoms with E-state index in [1.165, 1.54) is 0 Å². The third kappa shape index (κ3) is 1.54.